The summed E-state index contributed by atoms with van der Waals surface area (Å²) in [5, 5.41) is 9.81. The first kappa shape index (κ1) is 12.1. The van der Waals surface area contributed by atoms with Gasteiger partial charge in [-0.25, -0.2) is 4.98 Å². The highest BCUT2D eigenvalue weighted by atomic mass is 35.5. The maximum Gasteiger partial charge on any atom is 0.274 e. The summed E-state index contributed by atoms with van der Waals surface area (Å²) in [4.78, 5) is 17.6. The lowest BCUT2D eigenvalue weighted by Crippen LogP contribution is -2.42. The molecule has 0 spiro atoms. The molecule has 1 aromatic heterocycles. The van der Waals surface area contributed by atoms with Gasteiger partial charge in [0.2, 0.25) is 0 Å². The van der Waals surface area contributed by atoms with Crippen molar-refractivity contribution in [3.05, 3.63) is 22.8 Å². The van der Waals surface area contributed by atoms with Crippen molar-refractivity contribution < 1.29 is 9.90 Å². The molecule has 1 aromatic rings. The smallest absolute Gasteiger partial charge is 0.274 e. The van der Waals surface area contributed by atoms with Gasteiger partial charge in [0, 0.05) is 13.1 Å². The normalized spacial score (nSPS) is 20.4. The fraction of sp³-hybridized carbons (Fsp3) is 0.455. The second kappa shape index (κ2) is 4.89. The number of halogens is 1. The number of hydrogen-bond donors (Lipinski definition) is 2. The molecule has 1 fully saturated rings. The molecule has 1 aliphatic heterocycles. The molecule has 0 aliphatic carbocycles. The zero-order valence-electron chi connectivity index (χ0n) is 9.27. The third kappa shape index (κ3) is 2.68. The van der Waals surface area contributed by atoms with E-state index in [0.717, 1.165) is 12.8 Å². The zero-order chi connectivity index (χ0) is 12.4. The monoisotopic (exact) mass is 255 g/mol. The molecule has 0 radical (unpaired) electrons. The molecular weight excluding hydrogens is 242 g/mol. The first-order valence-corrected chi connectivity index (χ1v) is 5.85. The van der Waals surface area contributed by atoms with E-state index < -0.39 is 6.10 Å². The quantitative estimate of drug-likeness (QED) is 0.782. The number of piperidine rings is 1. The van der Waals surface area contributed by atoms with Crippen LogP contribution >= 0.6 is 11.6 Å². The largest absolute Gasteiger partial charge is 0.391 e. The summed E-state index contributed by atoms with van der Waals surface area (Å²) in [5.74, 6) is -0.0173. The van der Waals surface area contributed by atoms with Gasteiger partial charge in [-0.2, -0.15) is 0 Å². The highest BCUT2D eigenvalue weighted by molar-refractivity contribution is 6.33. The van der Waals surface area contributed by atoms with Crippen molar-refractivity contribution in [2.45, 2.75) is 18.9 Å². The summed E-state index contributed by atoms with van der Waals surface area (Å²) in [7, 11) is 0. The summed E-state index contributed by atoms with van der Waals surface area (Å²) in [6.07, 6.45) is 1.04. The van der Waals surface area contributed by atoms with Crippen molar-refractivity contribution >= 4 is 23.3 Å². The Morgan fingerprint density at radius 2 is 2.35 bits per heavy atom. The predicted molar refractivity (Wildman–Crippen MR) is 64.8 cm³/mol. The number of likely N-dealkylation sites (tertiary alicyclic amines) is 1. The first-order valence-electron chi connectivity index (χ1n) is 5.47. The second-order valence-corrected chi connectivity index (χ2v) is 4.52. The molecule has 1 atom stereocenters. The van der Waals surface area contributed by atoms with E-state index >= 15 is 0 Å². The van der Waals surface area contributed by atoms with E-state index in [4.69, 9.17) is 17.3 Å². The number of nitrogen functional groups attached to an aromatic ring is 1. The van der Waals surface area contributed by atoms with Crippen LogP contribution in [0.15, 0.2) is 12.1 Å². The number of aromatic nitrogens is 1. The van der Waals surface area contributed by atoms with Gasteiger partial charge in [-0.1, -0.05) is 11.6 Å². The fourth-order valence-corrected chi connectivity index (χ4v) is 2.08. The Labute approximate surface area is 104 Å². The summed E-state index contributed by atoms with van der Waals surface area (Å²) < 4.78 is 0. The predicted octanol–water partition coefficient (Wildman–Crippen LogP) is 0.914. The van der Waals surface area contributed by atoms with Gasteiger partial charge in [-0.15, -0.1) is 0 Å². The Hall–Kier alpha value is -1.33. The number of anilines is 1. The highest BCUT2D eigenvalue weighted by Crippen LogP contribution is 2.19. The van der Waals surface area contributed by atoms with Crippen molar-refractivity contribution in [3.63, 3.8) is 0 Å². The van der Waals surface area contributed by atoms with Crippen LogP contribution in [0.3, 0.4) is 0 Å². The number of amides is 1. The molecule has 2 rings (SSSR count). The van der Waals surface area contributed by atoms with Gasteiger partial charge < -0.3 is 15.7 Å². The van der Waals surface area contributed by atoms with Crippen molar-refractivity contribution in [3.8, 4) is 0 Å². The van der Waals surface area contributed by atoms with E-state index in [2.05, 4.69) is 4.98 Å². The number of hydrogen-bond acceptors (Lipinski definition) is 4. The Balaban J connectivity index is 2.21. The molecule has 92 valence electrons. The standard InChI is InChI=1S/C11H14ClN3O2/c12-8-3-4-9(13)14-10(8)11(17)15-5-1-2-7(16)6-15/h3-4,7,16H,1-2,5-6H2,(H2,13,14). The molecule has 17 heavy (non-hydrogen) atoms. The number of nitrogens with zero attached hydrogens (tertiary/aromatic N) is 2. The van der Waals surface area contributed by atoms with Crippen molar-refractivity contribution in [2.24, 2.45) is 0 Å². The summed E-state index contributed by atoms with van der Waals surface area (Å²) >= 11 is 5.92. The molecule has 2 heterocycles. The topological polar surface area (TPSA) is 79.5 Å². The van der Waals surface area contributed by atoms with E-state index in [0.29, 0.717) is 13.1 Å². The lowest BCUT2D eigenvalue weighted by molar-refractivity contribution is 0.0469. The maximum atomic E-state index is 12.1. The van der Waals surface area contributed by atoms with Gasteiger partial charge in [-0.3, -0.25) is 4.79 Å². The number of β-amino-alcohol motifs (C(OH)–C–C–N with tert-alkyl or cyclic N) is 1. The van der Waals surface area contributed by atoms with Gasteiger partial charge in [0.25, 0.3) is 5.91 Å². The zero-order valence-corrected chi connectivity index (χ0v) is 10.0. The van der Waals surface area contributed by atoms with Crippen LogP contribution < -0.4 is 5.73 Å². The van der Waals surface area contributed by atoms with Gasteiger partial charge in [0.1, 0.15) is 11.5 Å². The van der Waals surface area contributed by atoms with Crippen LogP contribution in [-0.4, -0.2) is 40.1 Å². The molecule has 0 aromatic carbocycles. The average molecular weight is 256 g/mol. The molecule has 6 heteroatoms. The van der Waals surface area contributed by atoms with E-state index in [-0.39, 0.29) is 22.4 Å². The van der Waals surface area contributed by atoms with Crippen LogP contribution in [-0.2, 0) is 0 Å². The Bertz CT molecular complexity index is 439. The lowest BCUT2D eigenvalue weighted by atomic mass is 10.1. The summed E-state index contributed by atoms with van der Waals surface area (Å²) in [5.41, 5.74) is 5.69. The number of rotatable bonds is 1. The number of aliphatic hydroxyl groups excluding tert-OH is 1. The second-order valence-electron chi connectivity index (χ2n) is 4.11. The third-order valence-electron chi connectivity index (χ3n) is 2.75. The number of aliphatic hydroxyl groups is 1. The van der Waals surface area contributed by atoms with Crippen LogP contribution in [0, 0.1) is 0 Å². The van der Waals surface area contributed by atoms with E-state index in [1.807, 2.05) is 0 Å². The minimum absolute atomic E-state index is 0.153. The van der Waals surface area contributed by atoms with Crippen LogP contribution in [0.25, 0.3) is 0 Å². The maximum absolute atomic E-state index is 12.1. The molecule has 1 unspecified atom stereocenters. The fourth-order valence-electron chi connectivity index (χ4n) is 1.90. The van der Waals surface area contributed by atoms with E-state index in [1.54, 1.807) is 17.0 Å². The number of carbonyl (C=O) groups is 1. The molecule has 1 saturated heterocycles. The van der Waals surface area contributed by atoms with E-state index in [9.17, 15) is 9.90 Å². The molecule has 5 nitrogen and oxygen atoms in total. The first-order chi connectivity index (χ1) is 8.08. The van der Waals surface area contributed by atoms with Crippen LogP contribution in [0.1, 0.15) is 23.3 Å². The number of carbonyl (C=O) groups excluding carboxylic acids is 1. The minimum atomic E-state index is -0.465. The number of nitrogens with two attached hydrogens (primary N) is 1. The van der Waals surface area contributed by atoms with Crippen LogP contribution in [0.2, 0.25) is 5.02 Å². The van der Waals surface area contributed by atoms with Gasteiger partial charge >= 0.3 is 0 Å². The Kier molecular flexibility index (Phi) is 3.49. The van der Waals surface area contributed by atoms with Crippen molar-refractivity contribution in [1.82, 2.24) is 9.88 Å². The lowest BCUT2D eigenvalue weighted by Gasteiger charge is -2.30. The van der Waals surface area contributed by atoms with Crippen molar-refractivity contribution in [2.75, 3.05) is 18.8 Å². The van der Waals surface area contributed by atoms with E-state index in [1.165, 1.54) is 0 Å². The molecular formula is C11H14ClN3O2. The highest BCUT2D eigenvalue weighted by Gasteiger charge is 2.25. The van der Waals surface area contributed by atoms with Gasteiger partial charge in [0.05, 0.1) is 11.1 Å². The minimum Gasteiger partial charge on any atom is -0.391 e. The van der Waals surface area contributed by atoms with Crippen LogP contribution in [0.4, 0.5) is 5.82 Å². The molecule has 1 aliphatic rings. The summed E-state index contributed by atoms with van der Waals surface area (Å²) in [6.45, 7) is 0.939. The third-order valence-corrected chi connectivity index (χ3v) is 3.06. The average Bonchev–Trinajstić information content (AvgIpc) is 2.31. The van der Waals surface area contributed by atoms with Gasteiger partial charge in [0.15, 0.2) is 0 Å². The molecule has 0 saturated carbocycles. The Morgan fingerprint density at radius 3 is 3.06 bits per heavy atom. The van der Waals surface area contributed by atoms with Crippen molar-refractivity contribution in [1.29, 1.82) is 0 Å². The SMILES string of the molecule is Nc1ccc(Cl)c(C(=O)N2CCCC(O)C2)n1. The number of pyridine rings is 1. The molecule has 0 bridgehead atoms. The Morgan fingerprint density at radius 1 is 1.59 bits per heavy atom. The molecule has 3 N–H and O–H groups in total. The van der Waals surface area contributed by atoms with Gasteiger partial charge in [-0.05, 0) is 25.0 Å². The summed E-state index contributed by atoms with van der Waals surface area (Å²) in [6, 6.07) is 3.10. The molecule has 1 amide bonds. The van der Waals surface area contributed by atoms with Crippen LogP contribution in [0.5, 0.6) is 0 Å².